The lowest BCUT2D eigenvalue weighted by molar-refractivity contribution is -0.150. The third-order valence-electron chi connectivity index (χ3n) is 15.0. The summed E-state index contributed by atoms with van der Waals surface area (Å²) < 4.78 is 89.6. The van der Waals surface area contributed by atoms with Gasteiger partial charge in [-0.15, -0.1) is 0 Å². The number of hydrogen-bond donors (Lipinski definition) is 0. The molecule has 6 aromatic carbocycles. The van der Waals surface area contributed by atoms with Crippen LogP contribution in [0.4, 0.5) is 0 Å². The van der Waals surface area contributed by atoms with Gasteiger partial charge >= 0.3 is 41.8 Å². The molecule has 0 N–H and O–H groups in total. The van der Waals surface area contributed by atoms with Gasteiger partial charge in [-0.05, 0) is 139 Å². The molecule has 0 saturated carbocycles. The van der Waals surface area contributed by atoms with Gasteiger partial charge in [0.05, 0.1) is 141 Å². The predicted molar refractivity (Wildman–Crippen MR) is 384 cm³/mol. The van der Waals surface area contributed by atoms with Gasteiger partial charge in [-0.3, -0.25) is 14.4 Å². The van der Waals surface area contributed by atoms with Crippen LogP contribution in [-0.2, 0) is 76.0 Å². The predicted octanol–water partition coefficient (Wildman–Crippen LogP) is 12.3. The Morgan fingerprint density at radius 3 is 0.835 bits per heavy atom. The Bertz CT molecular complexity index is 3360. The van der Waals surface area contributed by atoms with Gasteiger partial charge in [-0.25, -0.2) is 19.2 Å². The summed E-state index contributed by atoms with van der Waals surface area (Å²) in [4.78, 5) is 81.9. The third-order valence-corrected chi connectivity index (χ3v) is 15.0. The normalized spacial score (nSPS) is 11.5. The minimum Gasteiger partial charge on any atom is -0.497 e. The zero-order valence-electron chi connectivity index (χ0n) is 60.4. The molecule has 6 aromatic rings. The molecule has 103 heavy (non-hydrogen) atoms. The standard InChI is InChI=1S/C32H36O9.C31H36O8.C16H28O7/c1-4-23(2)30(33)40-22-20-38-18-17-37-19-21-39-28-13-11-27(12-14-28)32(35)41-29-15-9-25(10-16-29)24-5-7-26(8-6-24)31(34)36-3;1-4-23(2)30(32)38-22-20-36-18-17-35-19-21-37-28-13-9-26(10-14-28)31(33)39-29-15-7-25(8-16-29)24-5-11-27(34-3)12-6-24;1-4-14(3)16(18)23-13-11-21-9-7-19-6-8-20-10-12-22-15(17)5-2/h5-16,23H,4,17-22H2,1-3H3;5-16,23H,4,17-22H2,1-3H3;5,14H,2,4,6-13H2,1,3H3. The molecule has 24 heteroatoms. The summed E-state index contributed by atoms with van der Waals surface area (Å²) in [5, 5.41) is 0. The van der Waals surface area contributed by atoms with E-state index in [-0.39, 0.29) is 68.1 Å². The van der Waals surface area contributed by atoms with Crippen LogP contribution in [0.2, 0.25) is 0 Å². The van der Waals surface area contributed by atoms with E-state index in [1.165, 1.54) is 7.11 Å². The highest BCUT2D eigenvalue weighted by atomic mass is 16.6. The fraction of sp³-hybridized carbons (Fsp3) is 0.430. The number of rotatable bonds is 47. The van der Waals surface area contributed by atoms with Crippen molar-refractivity contribution in [1.29, 1.82) is 0 Å². The van der Waals surface area contributed by atoms with E-state index in [1.807, 2.05) is 102 Å². The van der Waals surface area contributed by atoms with Crippen molar-refractivity contribution in [2.24, 2.45) is 17.8 Å². The lowest BCUT2D eigenvalue weighted by atomic mass is 10.0. The largest absolute Gasteiger partial charge is 0.497 e. The molecular formula is C79H100O24. The van der Waals surface area contributed by atoms with Crippen LogP contribution in [0.25, 0.3) is 22.3 Å². The summed E-state index contributed by atoms with van der Waals surface area (Å²) in [5.74, 6) is 0.271. The maximum Gasteiger partial charge on any atom is 0.343 e. The SMILES string of the molecule is C=CC(=O)OCCOCCOCCOCCOC(=O)C(C)CC.CCC(C)C(=O)OCCOCCOCCOc1ccc(C(=O)Oc2ccc(-c3ccc(C(=O)OC)cc3)cc2)cc1.CCC(C)C(=O)OCCOCCOCCOc1ccc(C(=O)Oc2ccc(-c3ccc(OC)cc3)cc2)cc1. The van der Waals surface area contributed by atoms with Crippen LogP contribution in [0, 0.1) is 17.8 Å². The zero-order valence-corrected chi connectivity index (χ0v) is 60.4. The highest BCUT2D eigenvalue weighted by Gasteiger charge is 2.16. The second-order valence-electron chi connectivity index (χ2n) is 22.5. The quantitative estimate of drug-likeness (QED) is 0.0113. The molecule has 0 aliphatic rings. The van der Waals surface area contributed by atoms with E-state index in [0.29, 0.717) is 145 Å². The molecule has 0 bridgehead atoms. The summed E-state index contributed by atoms with van der Waals surface area (Å²) >= 11 is 0. The zero-order chi connectivity index (χ0) is 74.7. The Balaban J connectivity index is 0.000000341. The van der Waals surface area contributed by atoms with Crippen molar-refractivity contribution in [3.8, 4) is 51.0 Å². The van der Waals surface area contributed by atoms with Gasteiger partial charge < -0.3 is 80.5 Å². The molecule has 0 radical (unpaired) electrons. The van der Waals surface area contributed by atoms with Gasteiger partial charge in [0.1, 0.15) is 68.4 Å². The Morgan fingerprint density at radius 1 is 0.311 bits per heavy atom. The molecule has 24 nitrogen and oxygen atoms in total. The van der Waals surface area contributed by atoms with Crippen molar-refractivity contribution in [2.45, 2.75) is 60.8 Å². The van der Waals surface area contributed by atoms with Gasteiger partial charge in [0, 0.05) is 6.08 Å². The number of carbonyl (C=O) groups is 7. The van der Waals surface area contributed by atoms with Crippen LogP contribution < -0.4 is 23.7 Å². The molecule has 0 heterocycles. The molecule has 6 rings (SSSR count). The number of benzene rings is 6. The maximum atomic E-state index is 12.6. The molecule has 0 aromatic heterocycles. The molecule has 0 spiro atoms. The molecule has 3 unspecified atom stereocenters. The highest BCUT2D eigenvalue weighted by Crippen LogP contribution is 2.27. The van der Waals surface area contributed by atoms with Crippen molar-refractivity contribution >= 4 is 41.8 Å². The molecule has 560 valence electrons. The van der Waals surface area contributed by atoms with Gasteiger partial charge in [-0.1, -0.05) is 96.7 Å². The Hall–Kier alpha value is -9.53. The van der Waals surface area contributed by atoms with Crippen LogP contribution in [-0.4, -0.2) is 188 Å². The van der Waals surface area contributed by atoms with Crippen molar-refractivity contribution in [3.63, 3.8) is 0 Å². The Morgan fingerprint density at radius 2 is 0.553 bits per heavy atom. The van der Waals surface area contributed by atoms with Crippen molar-refractivity contribution in [3.05, 3.63) is 175 Å². The van der Waals surface area contributed by atoms with Crippen LogP contribution in [0.5, 0.6) is 28.7 Å². The number of hydrogen-bond acceptors (Lipinski definition) is 24. The second-order valence-corrected chi connectivity index (χ2v) is 22.5. The van der Waals surface area contributed by atoms with E-state index >= 15 is 0 Å². The first kappa shape index (κ1) is 85.9. The molecule has 0 aliphatic heterocycles. The van der Waals surface area contributed by atoms with E-state index < -0.39 is 17.9 Å². The van der Waals surface area contributed by atoms with Gasteiger partial charge in [0.2, 0.25) is 0 Å². The molecule has 0 fully saturated rings. The smallest absolute Gasteiger partial charge is 0.343 e. The fourth-order valence-electron chi connectivity index (χ4n) is 8.25. The summed E-state index contributed by atoms with van der Waals surface area (Å²) in [5.41, 5.74) is 5.17. The van der Waals surface area contributed by atoms with Crippen molar-refractivity contribution in [1.82, 2.24) is 0 Å². The van der Waals surface area contributed by atoms with E-state index in [4.69, 9.17) is 80.5 Å². The Kier molecular flexibility index (Phi) is 43.7. The van der Waals surface area contributed by atoms with Gasteiger partial charge in [0.15, 0.2) is 0 Å². The van der Waals surface area contributed by atoms with Crippen LogP contribution in [0.3, 0.4) is 0 Å². The monoisotopic (exact) mass is 1430 g/mol. The Labute approximate surface area is 604 Å². The maximum absolute atomic E-state index is 12.6. The van der Waals surface area contributed by atoms with Crippen molar-refractivity contribution in [2.75, 3.05) is 146 Å². The van der Waals surface area contributed by atoms with Gasteiger partial charge in [-0.2, -0.15) is 0 Å². The molecular weight excluding hydrogens is 1330 g/mol. The van der Waals surface area contributed by atoms with E-state index in [9.17, 15) is 33.6 Å². The minimum atomic E-state index is -0.482. The van der Waals surface area contributed by atoms with Gasteiger partial charge in [0.25, 0.3) is 0 Å². The second kappa shape index (κ2) is 52.4. The summed E-state index contributed by atoms with van der Waals surface area (Å²) in [6, 6.07) is 42.7. The molecule has 0 aliphatic carbocycles. The molecule has 0 amide bonds. The number of ether oxygens (including phenoxy) is 17. The van der Waals surface area contributed by atoms with E-state index in [2.05, 4.69) is 6.58 Å². The average Bonchev–Trinajstić information content (AvgIpc) is 0.850. The first-order valence-corrected chi connectivity index (χ1v) is 34.3. The fourth-order valence-corrected chi connectivity index (χ4v) is 8.25. The number of methoxy groups -OCH3 is 2. The lowest BCUT2D eigenvalue weighted by Crippen LogP contribution is -2.18. The summed E-state index contributed by atoms with van der Waals surface area (Å²) in [7, 11) is 2.98. The highest BCUT2D eigenvalue weighted by molar-refractivity contribution is 5.92. The third kappa shape index (κ3) is 36.3. The van der Waals surface area contributed by atoms with Crippen LogP contribution in [0.1, 0.15) is 91.9 Å². The van der Waals surface area contributed by atoms with Crippen LogP contribution in [0.15, 0.2) is 158 Å². The number of esters is 7. The van der Waals surface area contributed by atoms with Crippen molar-refractivity contribution < 1.29 is 114 Å². The lowest BCUT2D eigenvalue weighted by Gasteiger charge is -2.10. The summed E-state index contributed by atoms with van der Waals surface area (Å²) in [6.45, 7) is 21.7. The molecule has 0 saturated heterocycles. The van der Waals surface area contributed by atoms with Crippen LogP contribution >= 0.6 is 0 Å². The van der Waals surface area contributed by atoms with E-state index in [1.54, 1.807) is 92.0 Å². The minimum absolute atomic E-state index is 0.0707. The summed E-state index contributed by atoms with van der Waals surface area (Å²) in [6.07, 6.45) is 3.39. The topological polar surface area (TPSA) is 276 Å². The average molecular weight is 1430 g/mol. The number of carbonyl (C=O) groups excluding carboxylic acids is 7. The first-order valence-electron chi connectivity index (χ1n) is 34.3. The molecule has 3 atom stereocenters. The van der Waals surface area contributed by atoms with E-state index in [0.717, 1.165) is 53.3 Å². The first-order chi connectivity index (χ1) is 50.0.